The van der Waals surface area contributed by atoms with Crippen molar-refractivity contribution in [2.45, 2.75) is 6.92 Å². The second kappa shape index (κ2) is 8.62. The summed E-state index contributed by atoms with van der Waals surface area (Å²) in [6, 6.07) is 12.7. The molecule has 0 saturated heterocycles. The Balaban J connectivity index is 2.05. The van der Waals surface area contributed by atoms with Crippen LogP contribution in [0.3, 0.4) is 0 Å². The number of methoxy groups -OCH3 is 2. The summed E-state index contributed by atoms with van der Waals surface area (Å²) in [5.41, 5.74) is 1.52. The average Bonchev–Trinajstić information content (AvgIpc) is 2.61. The molecule has 5 heteroatoms. The predicted molar refractivity (Wildman–Crippen MR) is 94.8 cm³/mol. The van der Waals surface area contributed by atoms with Gasteiger partial charge >= 0.3 is 0 Å². The van der Waals surface area contributed by atoms with E-state index in [0.717, 1.165) is 5.56 Å². The van der Waals surface area contributed by atoms with Crippen molar-refractivity contribution in [2.75, 3.05) is 26.1 Å². The highest BCUT2D eigenvalue weighted by atomic mass is 16.5. The lowest BCUT2D eigenvalue weighted by Gasteiger charge is -2.09. The smallest absolute Gasteiger partial charge is 0.248 e. The van der Waals surface area contributed by atoms with Crippen molar-refractivity contribution in [3.8, 4) is 17.2 Å². The Morgan fingerprint density at radius 1 is 1.08 bits per heavy atom. The summed E-state index contributed by atoms with van der Waals surface area (Å²) in [4.78, 5) is 12.0. The first-order valence-electron chi connectivity index (χ1n) is 7.60. The van der Waals surface area contributed by atoms with E-state index in [-0.39, 0.29) is 5.91 Å². The molecular formula is C19H21NO4. The molecule has 0 heterocycles. The first kappa shape index (κ1) is 17.4. The molecule has 0 unspecified atom stereocenters. The van der Waals surface area contributed by atoms with E-state index in [0.29, 0.717) is 29.5 Å². The van der Waals surface area contributed by atoms with Gasteiger partial charge in [0.15, 0.2) is 11.5 Å². The molecule has 0 aliphatic carbocycles. The van der Waals surface area contributed by atoms with Gasteiger partial charge in [-0.2, -0.15) is 0 Å². The maximum absolute atomic E-state index is 12.0. The average molecular weight is 327 g/mol. The van der Waals surface area contributed by atoms with Crippen molar-refractivity contribution in [3.63, 3.8) is 0 Å². The molecule has 0 bridgehead atoms. The molecule has 0 fully saturated rings. The molecule has 1 amide bonds. The van der Waals surface area contributed by atoms with E-state index in [1.165, 1.54) is 6.08 Å². The molecule has 0 aliphatic rings. The number of hydrogen-bond donors (Lipinski definition) is 1. The fourth-order valence-corrected chi connectivity index (χ4v) is 2.12. The highest BCUT2D eigenvalue weighted by molar-refractivity contribution is 6.02. The quantitative estimate of drug-likeness (QED) is 0.787. The Bertz CT molecular complexity index is 725. The maximum Gasteiger partial charge on any atom is 0.248 e. The highest BCUT2D eigenvalue weighted by Gasteiger charge is 2.04. The van der Waals surface area contributed by atoms with Crippen molar-refractivity contribution in [3.05, 3.63) is 54.1 Å². The third-order valence-electron chi connectivity index (χ3n) is 3.25. The van der Waals surface area contributed by atoms with Crippen LogP contribution in [-0.2, 0) is 4.79 Å². The van der Waals surface area contributed by atoms with Gasteiger partial charge in [0.05, 0.1) is 20.8 Å². The van der Waals surface area contributed by atoms with E-state index in [1.54, 1.807) is 32.4 Å². The summed E-state index contributed by atoms with van der Waals surface area (Å²) in [6.45, 7) is 2.48. The Hall–Kier alpha value is -2.95. The number of carbonyl (C=O) groups is 1. The minimum absolute atomic E-state index is 0.226. The molecule has 2 rings (SSSR count). The van der Waals surface area contributed by atoms with E-state index in [2.05, 4.69) is 5.32 Å². The normalized spacial score (nSPS) is 10.5. The Morgan fingerprint density at radius 3 is 2.62 bits per heavy atom. The third-order valence-corrected chi connectivity index (χ3v) is 3.25. The second-order valence-electron chi connectivity index (χ2n) is 4.90. The molecule has 1 N–H and O–H groups in total. The van der Waals surface area contributed by atoms with Crippen LogP contribution in [0.1, 0.15) is 12.5 Å². The molecule has 126 valence electrons. The van der Waals surface area contributed by atoms with E-state index in [4.69, 9.17) is 14.2 Å². The number of nitrogens with one attached hydrogen (secondary N) is 1. The summed E-state index contributed by atoms with van der Waals surface area (Å²) in [6.07, 6.45) is 3.18. The molecule has 0 radical (unpaired) electrons. The summed E-state index contributed by atoms with van der Waals surface area (Å²) in [5.74, 6) is 1.77. The number of anilines is 1. The zero-order valence-corrected chi connectivity index (χ0v) is 14.0. The van der Waals surface area contributed by atoms with Gasteiger partial charge in [-0.15, -0.1) is 0 Å². The summed E-state index contributed by atoms with van der Waals surface area (Å²) >= 11 is 0. The summed E-state index contributed by atoms with van der Waals surface area (Å²) < 4.78 is 15.9. The fourth-order valence-electron chi connectivity index (χ4n) is 2.12. The first-order valence-corrected chi connectivity index (χ1v) is 7.60. The molecule has 24 heavy (non-hydrogen) atoms. The van der Waals surface area contributed by atoms with Crippen LogP contribution < -0.4 is 19.5 Å². The molecule has 0 saturated carbocycles. The standard InChI is InChI=1S/C19H21NO4/c1-4-24-17-10-8-14(12-18(17)23-3)9-11-19(21)20-15-6-5-7-16(13-15)22-2/h5-13H,4H2,1-3H3,(H,20,21)/b11-9+. The minimum Gasteiger partial charge on any atom is -0.497 e. The van der Waals surface area contributed by atoms with Crippen molar-refractivity contribution in [1.29, 1.82) is 0 Å². The zero-order chi connectivity index (χ0) is 17.4. The molecule has 2 aromatic rings. The van der Waals surface area contributed by atoms with Crippen LogP contribution in [0.4, 0.5) is 5.69 Å². The van der Waals surface area contributed by atoms with Crippen LogP contribution in [0.25, 0.3) is 6.08 Å². The van der Waals surface area contributed by atoms with Crippen LogP contribution in [0.5, 0.6) is 17.2 Å². The zero-order valence-electron chi connectivity index (χ0n) is 14.0. The van der Waals surface area contributed by atoms with Crippen LogP contribution in [0.2, 0.25) is 0 Å². The van der Waals surface area contributed by atoms with Crippen LogP contribution in [0, 0.1) is 0 Å². The topological polar surface area (TPSA) is 56.8 Å². The molecule has 2 aromatic carbocycles. The van der Waals surface area contributed by atoms with Crippen molar-refractivity contribution in [1.82, 2.24) is 0 Å². The molecule has 0 atom stereocenters. The van der Waals surface area contributed by atoms with E-state index < -0.39 is 0 Å². The van der Waals surface area contributed by atoms with Gasteiger partial charge in [0.1, 0.15) is 5.75 Å². The van der Waals surface area contributed by atoms with Crippen LogP contribution >= 0.6 is 0 Å². The second-order valence-corrected chi connectivity index (χ2v) is 4.90. The monoisotopic (exact) mass is 327 g/mol. The predicted octanol–water partition coefficient (Wildman–Crippen LogP) is 3.75. The summed E-state index contributed by atoms with van der Waals surface area (Å²) in [7, 11) is 3.17. The summed E-state index contributed by atoms with van der Waals surface area (Å²) in [5, 5.41) is 2.79. The lowest BCUT2D eigenvalue weighted by molar-refractivity contribution is -0.111. The Morgan fingerprint density at radius 2 is 1.92 bits per heavy atom. The van der Waals surface area contributed by atoms with Gasteiger partial charge in [-0.3, -0.25) is 4.79 Å². The van der Waals surface area contributed by atoms with Gasteiger partial charge < -0.3 is 19.5 Å². The number of amides is 1. The van der Waals surface area contributed by atoms with Crippen LogP contribution in [0.15, 0.2) is 48.5 Å². The van der Waals surface area contributed by atoms with Crippen molar-refractivity contribution < 1.29 is 19.0 Å². The molecule has 0 aromatic heterocycles. The number of ether oxygens (including phenoxy) is 3. The Labute approximate surface area is 141 Å². The van der Waals surface area contributed by atoms with E-state index >= 15 is 0 Å². The molecule has 0 aliphatic heterocycles. The minimum atomic E-state index is -0.226. The highest BCUT2D eigenvalue weighted by Crippen LogP contribution is 2.28. The van der Waals surface area contributed by atoms with E-state index in [1.807, 2.05) is 37.3 Å². The number of benzene rings is 2. The molecular weight excluding hydrogens is 306 g/mol. The van der Waals surface area contributed by atoms with Gasteiger partial charge in [0.2, 0.25) is 5.91 Å². The van der Waals surface area contributed by atoms with Gasteiger partial charge in [-0.1, -0.05) is 12.1 Å². The number of rotatable bonds is 7. The number of carbonyl (C=O) groups excluding carboxylic acids is 1. The van der Waals surface area contributed by atoms with Gasteiger partial charge in [0, 0.05) is 17.8 Å². The van der Waals surface area contributed by atoms with Gasteiger partial charge in [-0.05, 0) is 42.8 Å². The van der Waals surface area contributed by atoms with Crippen molar-refractivity contribution >= 4 is 17.7 Å². The molecule has 5 nitrogen and oxygen atoms in total. The fraction of sp³-hybridized carbons (Fsp3) is 0.211. The lowest BCUT2D eigenvalue weighted by atomic mass is 10.2. The molecule has 0 spiro atoms. The first-order chi connectivity index (χ1) is 11.7. The van der Waals surface area contributed by atoms with Gasteiger partial charge in [-0.25, -0.2) is 0 Å². The largest absolute Gasteiger partial charge is 0.497 e. The maximum atomic E-state index is 12.0. The van der Waals surface area contributed by atoms with Crippen molar-refractivity contribution in [2.24, 2.45) is 0 Å². The lowest BCUT2D eigenvalue weighted by Crippen LogP contribution is -2.07. The SMILES string of the molecule is CCOc1ccc(/C=C/C(=O)Nc2cccc(OC)c2)cc1OC. The van der Waals surface area contributed by atoms with Crippen LogP contribution in [-0.4, -0.2) is 26.7 Å². The van der Waals surface area contributed by atoms with E-state index in [9.17, 15) is 4.79 Å². The Kier molecular flexibility index (Phi) is 6.25. The number of hydrogen-bond acceptors (Lipinski definition) is 4. The third kappa shape index (κ3) is 4.78. The van der Waals surface area contributed by atoms with Gasteiger partial charge in [0.25, 0.3) is 0 Å².